The number of piperidine rings is 1. The molecule has 1 unspecified atom stereocenters. The molecule has 0 bridgehead atoms. The molecule has 0 aromatic heterocycles. The molecule has 5 heteroatoms. The first-order chi connectivity index (χ1) is 21.2. The van der Waals surface area contributed by atoms with Gasteiger partial charge in [-0.15, -0.1) is 0 Å². The molecule has 2 saturated heterocycles. The fourth-order valence-corrected chi connectivity index (χ4v) is 11.2. The lowest BCUT2D eigenvalue weighted by Crippen LogP contribution is -2.53. The number of fused-ring (bicyclic) bond motifs is 6. The molecule has 1 amide bonds. The second-order valence-corrected chi connectivity index (χ2v) is 16.0. The Morgan fingerprint density at radius 1 is 1.14 bits per heavy atom. The number of hydrogen-bond acceptors (Lipinski definition) is 4. The predicted octanol–water partition coefficient (Wildman–Crippen LogP) is 6.85. The minimum absolute atomic E-state index is 0.0634. The van der Waals surface area contributed by atoms with Crippen LogP contribution in [0.2, 0.25) is 0 Å². The van der Waals surface area contributed by atoms with E-state index < -0.39 is 0 Å². The molecular formula is C39H56N2O3. The molecule has 4 aliphatic carbocycles. The molecular weight excluding hydrogens is 544 g/mol. The molecule has 7 rings (SSSR count). The SMILES string of the molecule is CC1=C2C[C@H]3[C@@H](CCC4=C[C@@H](O)CC[C@@]43C)[C@@H]2CCC2(C1)O[C@@H]1C[C@H](C)CN(CCNC(=O)CCc3ccccc3)[C@H]1[C@H]2C. The van der Waals surface area contributed by atoms with Gasteiger partial charge in [-0.3, -0.25) is 9.69 Å². The van der Waals surface area contributed by atoms with E-state index in [1.165, 1.54) is 37.7 Å². The van der Waals surface area contributed by atoms with Gasteiger partial charge in [0.05, 0.1) is 17.8 Å². The Morgan fingerprint density at radius 3 is 2.77 bits per heavy atom. The number of amides is 1. The number of rotatable bonds is 6. The van der Waals surface area contributed by atoms with Crippen LogP contribution in [0.4, 0.5) is 0 Å². The van der Waals surface area contributed by atoms with Gasteiger partial charge in [-0.2, -0.15) is 0 Å². The van der Waals surface area contributed by atoms with Gasteiger partial charge in [0, 0.05) is 38.0 Å². The maximum absolute atomic E-state index is 12.7. The number of carbonyl (C=O) groups is 1. The third kappa shape index (κ3) is 5.43. The predicted molar refractivity (Wildman–Crippen MR) is 176 cm³/mol. The second kappa shape index (κ2) is 12.0. The molecule has 2 N–H and O–H groups in total. The van der Waals surface area contributed by atoms with E-state index in [1.54, 1.807) is 16.7 Å². The van der Waals surface area contributed by atoms with Gasteiger partial charge in [0.2, 0.25) is 5.91 Å². The van der Waals surface area contributed by atoms with Gasteiger partial charge in [-0.05, 0) is 106 Å². The number of nitrogens with one attached hydrogen (secondary N) is 1. The van der Waals surface area contributed by atoms with Gasteiger partial charge in [0.25, 0.3) is 0 Å². The fourth-order valence-electron chi connectivity index (χ4n) is 11.2. The van der Waals surface area contributed by atoms with E-state index in [9.17, 15) is 9.90 Å². The van der Waals surface area contributed by atoms with Gasteiger partial charge in [-0.25, -0.2) is 0 Å². The van der Waals surface area contributed by atoms with Crippen molar-refractivity contribution in [2.45, 2.75) is 122 Å². The number of aliphatic hydroxyl groups excluding tert-OH is 1. The number of allylic oxidation sites excluding steroid dienone is 2. The van der Waals surface area contributed by atoms with E-state index in [0.29, 0.717) is 42.9 Å². The largest absolute Gasteiger partial charge is 0.389 e. The number of benzene rings is 1. The van der Waals surface area contributed by atoms with Crippen molar-refractivity contribution in [3.63, 3.8) is 0 Å². The molecule has 2 heterocycles. The number of ether oxygens (including phenoxy) is 1. The molecule has 1 aromatic carbocycles. The number of carbonyl (C=O) groups excluding carboxylic acids is 1. The molecule has 1 spiro atoms. The first-order valence-corrected chi connectivity index (χ1v) is 18.0. The maximum atomic E-state index is 12.7. The highest BCUT2D eigenvalue weighted by atomic mass is 16.5. The number of aryl methyl sites for hydroxylation is 1. The molecule has 6 aliphatic rings. The summed E-state index contributed by atoms with van der Waals surface area (Å²) in [7, 11) is 0. The van der Waals surface area contributed by atoms with Crippen molar-refractivity contribution >= 4 is 5.91 Å². The Labute approximate surface area is 265 Å². The van der Waals surface area contributed by atoms with Crippen LogP contribution in [0.15, 0.2) is 53.1 Å². The summed E-state index contributed by atoms with van der Waals surface area (Å²) in [5.41, 5.74) is 6.40. The number of likely N-dealkylation sites (tertiary alicyclic amines) is 1. The zero-order valence-electron chi connectivity index (χ0n) is 27.7. The van der Waals surface area contributed by atoms with Crippen molar-refractivity contribution in [3.05, 3.63) is 58.7 Å². The Hall–Kier alpha value is -1.95. The summed E-state index contributed by atoms with van der Waals surface area (Å²) in [6, 6.07) is 10.7. The lowest BCUT2D eigenvalue weighted by atomic mass is 9.56. The first kappa shape index (κ1) is 30.7. The van der Waals surface area contributed by atoms with E-state index in [2.05, 4.69) is 56.1 Å². The molecule has 240 valence electrons. The van der Waals surface area contributed by atoms with Gasteiger partial charge >= 0.3 is 0 Å². The van der Waals surface area contributed by atoms with E-state index in [4.69, 9.17) is 4.74 Å². The number of nitrogens with zero attached hydrogens (tertiary/aromatic N) is 1. The molecule has 2 saturated carbocycles. The summed E-state index contributed by atoms with van der Waals surface area (Å²) in [5, 5.41) is 13.6. The smallest absolute Gasteiger partial charge is 0.220 e. The molecule has 1 aromatic rings. The van der Waals surface area contributed by atoms with E-state index in [-0.39, 0.29) is 23.0 Å². The van der Waals surface area contributed by atoms with Gasteiger partial charge in [-0.1, -0.05) is 73.9 Å². The van der Waals surface area contributed by atoms with E-state index in [0.717, 1.165) is 57.0 Å². The standard InChI is InChI=1S/C39H56N2O3/c1-25-20-35-37(41(24-25)19-18-40-36(43)13-10-28-8-6-5-7-9-28)27(3)39(44-35)17-15-31-32-12-11-29-21-30(42)14-16-38(29,4)34(32)22-33(31)26(2)23-39/h5-9,21,25,27,30-32,34-35,37,42H,10-20,22-24H2,1-4H3,(H,40,43)/t25-,27+,30-,31-,32-,34-,35+,37-,38-,39?/m0/s1. The summed E-state index contributed by atoms with van der Waals surface area (Å²) >= 11 is 0. The zero-order chi connectivity index (χ0) is 30.6. The second-order valence-electron chi connectivity index (χ2n) is 16.0. The van der Waals surface area contributed by atoms with Crippen LogP contribution in [0.25, 0.3) is 0 Å². The monoisotopic (exact) mass is 600 g/mol. The van der Waals surface area contributed by atoms with Crippen molar-refractivity contribution in [1.29, 1.82) is 0 Å². The van der Waals surface area contributed by atoms with Crippen LogP contribution >= 0.6 is 0 Å². The lowest BCUT2D eigenvalue weighted by molar-refractivity contribution is -0.121. The van der Waals surface area contributed by atoms with Crippen LogP contribution < -0.4 is 5.32 Å². The van der Waals surface area contributed by atoms with Crippen molar-refractivity contribution in [2.24, 2.45) is 35.0 Å². The third-order valence-corrected chi connectivity index (χ3v) is 13.5. The molecule has 44 heavy (non-hydrogen) atoms. The summed E-state index contributed by atoms with van der Waals surface area (Å²) in [5.74, 6) is 3.48. The fraction of sp³-hybridized carbons (Fsp3) is 0.718. The number of hydrogen-bond donors (Lipinski definition) is 2. The summed E-state index contributed by atoms with van der Waals surface area (Å²) in [4.78, 5) is 15.3. The molecule has 0 radical (unpaired) electrons. The van der Waals surface area contributed by atoms with Gasteiger partial charge < -0.3 is 15.2 Å². The highest BCUT2D eigenvalue weighted by Crippen LogP contribution is 2.64. The van der Waals surface area contributed by atoms with E-state index in [1.807, 2.05) is 18.2 Å². The summed E-state index contributed by atoms with van der Waals surface area (Å²) in [6.07, 6.45) is 14.1. The number of aliphatic hydroxyl groups is 1. The summed E-state index contributed by atoms with van der Waals surface area (Å²) < 4.78 is 7.29. The quantitative estimate of drug-likeness (QED) is 0.351. The Kier molecular flexibility index (Phi) is 8.38. The van der Waals surface area contributed by atoms with Crippen molar-refractivity contribution < 1.29 is 14.6 Å². The highest BCUT2D eigenvalue weighted by molar-refractivity contribution is 5.76. The van der Waals surface area contributed by atoms with Crippen LogP contribution in [0.3, 0.4) is 0 Å². The topological polar surface area (TPSA) is 61.8 Å². The molecule has 2 aliphatic heterocycles. The average molecular weight is 601 g/mol. The minimum atomic E-state index is -0.231. The van der Waals surface area contributed by atoms with Crippen molar-refractivity contribution in [2.75, 3.05) is 19.6 Å². The van der Waals surface area contributed by atoms with Crippen LogP contribution in [-0.2, 0) is 16.0 Å². The normalized spacial score (nSPS) is 41.8. The summed E-state index contributed by atoms with van der Waals surface area (Å²) in [6.45, 7) is 12.5. The molecule has 5 nitrogen and oxygen atoms in total. The minimum Gasteiger partial charge on any atom is -0.389 e. The van der Waals surface area contributed by atoms with Crippen molar-refractivity contribution in [1.82, 2.24) is 10.2 Å². The first-order valence-electron chi connectivity index (χ1n) is 18.0. The Morgan fingerprint density at radius 2 is 1.95 bits per heavy atom. The molecule has 10 atom stereocenters. The van der Waals surface area contributed by atoms with Gasteiger partial charge in [0.15, 0.2) is 0 Å². The van der Waals surface area contributed by atoms with Crippen LogP contribution in [0.5, 0.6) is 0 Å². The van der Waals surface area contributed by atoms with Crippen molar-refractivity contribution in [3.8, 4) is 0 Å². The van der Waals surface area contributed by atoms with Crippen LogP contribution in [0.1, 0.15) is 97.5 Å². The Balaban J connectivity index is 1.02. The molecule has 4 fully saturated rings. The zero-order valence-corrected chi connectivity index (χ0v) is 27.7. The van der Waals surface area contributed by atoms with E-state index >= 15 is 0 Å². The highest BCUT2D eigenvalue weighted by Gasteiger charge is 2.59. The van der Waals surface area contributed by atoms with Crippen LogP contribution in [0, 0.1) is 35.0 Å². The van der Waals surface area contributed by atoms with Gasteiger partial charge in [0.1, 0.15) is 0 Å². The third-order valence-electron chi connectivity index (χ3n) is 13.5. The lowest BCUT2D eigenvalue weighted by Gasteiger charge is -2.49. The Bertz CT molecular complexity index is 1290. The maximum Gasteiger partial charge on any atom is 0.220 e. The van der Waals surface area contributed by atoms with Crippen LogP contribution in [-0.4, -0.2) is 59.4 Å². The average Bonchev–Trinajstić information content (AvgIpc) is 3.47.